The van der Waals surface area contributed by atoms with Crippen molar-refractivity contribution in [3.05, 3.63) is 54.4 Å². The standard InChI is InChI=1S/C17H17N3O3/c1-22-12-5-7-13(8-6-12)23-10-9-18-17(21)14-3-2-4-15-16(14)20-11-19-15/h2-8,11H,9-10H2,1H3,(H,18,21)(H,19,20). The number of H-pyrrole nitrogens is 1. The first-order valence-electron chi connectivity index (χ1n) is 7.25. The number of hydrogen-bond donors (Lipinski definition) is 2. The van der Waals surface area contributed by atoms with E-state index in [-0.39, 0.29) is 5.91 Å². The molecular weight excluding hydrogens is 294 g/mol. The van der Waals surface area contributed by atoms with Crippen LogP contribution in [-0.4, -0.2) is 36.1 Å². The maximum Gasteiger partial charge on any atom is 0.253 e. The van der Waals surface area contributed by atoms with Crippen LogP contribution in [0.1, 0.15) is 10.4 Å². The van der Waals surface area contributed by atoms with Crippen molar-refractivity contribution in [3.63, 3.8) is 0 Å². The maximum atomic E-state index is 12.2. The third-order valence-corrected chi connectivity index (χ3v) is 3.41. The minimum Gasteiger partial charge on any atom is -0.497 e. The fraction of sp³-hybridized carbons (Fsp3) is 0.176. The summed E-state index contributed by atoms with van der Waals surface area (Å²) in [6.07, 6.45) is 1.58. The molecule has 3 aromatic rings. The van der Waals surface area contributed by atoms with Gasteiger partial charge in [-0.15, -0.1) is 0 Å². The molecular formula is C17H17N3O3. The molecule has 0 saturated carbocycles. The zero-order valence-corrected chi connectivity index (χ0v) is 12.7. The van der Waals surface area contributed by atoms with E-state index >= 15 is 0 Å². The molecule has 1 heterocycles. The highest BCUT2D eigenvalue weighted by atomic mass is 16.5. The van der Waals surface area contributed by atoms with Gasteiger partial charge in [0.15, 0.2) is 0 Å². The molecule has 118 valence electrons. The van der Waals surface area contributed by atoms with Gasteiger partial charge in [0.1, 0.15) is 23.6 Å². The summed E-state index contributed by atoms with van der Waals surface area (Å²) in [6.45, 7) is 0.792. The molecule has 0 atom stereocenters. The van der Waals surface area contributed by atoms with E-state index in [0.717, 1.165) is 17.0 Å². The van der Waals surface area contributed by atoms with Crippen molar-refractivity contribution in [2.45, 2.75) is 0 Å². The van der Waals surface area contributed by atoms with Crippen molar-refractivity contribution in [1.82, 2.24) is 15.3 Å². The summed E-state index contributed by atoms with van der Waals surface area (Å²) < 4.78 is 10.7. The number of carbonyl (C=O) groups excluding carboxylic acids is 1. The Morgan fingerprint density at radius 3 is 2.74 bits per heavy atom. The number of nitrogens with one attached hydrogen (secondary N) is 2. The quantitative estimate of drug-likeness (QED) is 0.685. The fourth-order valence-corrected chi connectivity index (χ4v) is 2.25. The lowest BCUT2D eigenvalue weighted by atomic mass is 10.1. The van der Waals surface area contributed by atoms with Crippen molar-refractivity contribution >= 4 is 16.9 Å². The van der Waals surface area contributed by atoms with E-state index in [2.05, 4.69) is 15.3 Å². The Hall–Kier alpha value is -3.02. The van der Waals surface area contributed by atoms with Gasteiger partial charge in [-0.3, -0.25) is 4.79 Å². The van der Waals surface area contributed by atoms with Crippen LogP contribution in [0.2, 0.25) is 0 Å². The monoisotopic (exact) mass is 311 g/mol. The summed E-state index contributed by atoms with van der Waals surface area (Å²) >= 11 is 0. The molecule has 6 nitrogen and oxygen atoms in total. The Morgan fingerprint density at radius 1 is 1.17 bits per heavy atom. The number of nitrogens with zero attached hydrogens (tertiary/aromatic N) is 1. The van der Waals surface area contributed by atoms with Gasteiger partial charge in [-0.1, -0.05) is 6.07 Å². The number of aromatic amines is 1. The predicted octanol–water partition coefficient (Wildman–Crippen LogP) is 2.38. The molecule has 0 saturated heterocycles. The van der Waals surface area contributed by atoms with Gasteiger partial charge in [-0.25, -0.2) is 4.98 Å². The third kappa shape index (κ3) is 3.42. The number of rotatable bonds is 6. The Morgan fingerprint density at radius 2 is 1.96 bits per heavy atom. The van der Waals surface area contributed by atoms with E-state index < -0.39 is 0 Å². The van der Waals surface area contributed by atoms with Crippen molar-refractivity contribution < 1.29 is 14.3 Å². The summed E-state index contributed by atoms with van der Waals surface area (Å²) in [6, 6.07) is 12.8. The second-order valence-corrected chi connectivity index (χ2v) is 4.88. The van der Waals surface area contributed by atoms with E-state index in [1.165, 1.54) is 0 Å². The molecule has 0 aliphatic rings. The number of methoxy groups -OCH3 is 1. The normalized spacial score (nSPS) is 10.5. The summed E-state index contributed by atoms with van der Waals surface area (Å²) in [5.41, 5.74) is 2.06. The third-order valence-electron chi connectivity index (χ3n) is 3.41. The van der Waals surface area contributed by atoms with Gasteiger partial charge in [0.05, 0.1) is 31.1 Å². The number of carbonyl (C=O) groups is 1. The van der Waals surface area contributed by atoms with Crippen LogP contribution < -0.4 is 14.8 Å². The van der Waals surface area contributed by atoms with Crippen LogP contribution in [0.25, 0.3) is 11.0 Å². The van der Waals surface area contributed by atoms with Gasteiger partial charge < -0.3 is 19.8 Å². The zero-order valence-electron chi connectivity index (χ0n) is 12.7. The first-order chi connectivity index (χ1) is 11.3. The number of ether oxygens (including phenoxy) is 2. The van der Waals surface area contributed by atoms with Gasteiger partial charge in [-0.2, -0.15) is 0 Å². The lowest BCUT2D eigenvalue weighted by Crippen LogP contribution is -2.28. The van der Waals surface area contributed by atoms with Crippen molar-refractivity contribution in [2.24, 2.45) is 0 Å². The highest BCUT2D eigenvalue weighted by molar-refractivity contribution is 6.04. The Kier molecular flexibility index (Phi) is 4.42. The van der Waals surface area contributed by atoms with Gasteiger partial charge in [-0.05, 0) is 36.4 Å². The molecule has 0 radical (unpaired) electrons. The second-order valence-electron chi connectivity index (χ2n) is 4.88. The van der Waals surface area contributed by atoms with E-state index in [0.29, 0.717) is 24.2 Å². The minimum absolute atomic E-state index is 0.166. The molecule has 3 rings (SSSR count). The van der Waals surface area contributed by atoms with Crippen molar-refractivity contribution in [2.75, 3.05) is 20.3 Å². The second kappa shape index (κ2) is 6.83. The number of imidazole rings is 1. The maximum absolute atomic E-state index is 12.2. The molecule has 0 aliphatic carbocycles. The Balaban J connectivity index is 1.52. The summed E-state index contributed by atoms with van der Waals surface area (Å²) in [5.74, 6) is 1.34. The molecule has 1 aromatic heterocycles. The Labute approximate surface area is 133 Å². The topological polar surface area (TPSA) is 76.2 Å². The SMILES string of the molecule is COc1ccc(OCCNC(=O)c2cccc3[nH]cnc23)cc1. The molecule has 2 N–H and O–H groups in total. The number of benzene rings is 2. The smallest absolute Gasteiger partial charge is 0.253 e. The first kappa shape index (κ1) is 14.9. The highest BCUT2D eigenvalue weighted by Gasteiger charge is 2.10. The number of aromatic nitrogens is 2. The van der Waals surface area contributed by atoms with E-state index in [9.17, 15) is 4.79 Å². The molecule has 2 aromatic carbocycles. The van der Waals surface area contributed by atoms with Gasteiger partial charge in [0.25, 0.3) is 5.91 Å². The lowest BCUT2D eigenvalue weighted by Gasteiger charge is -2.08. The van der Waals surface area contributed by atoms with Crippen LogP contribution >= 0.6 is 0 Å². The largest absolute Gasteiger partial charge is 0.497 e. The summed E-state index contributed by atoms with van der Waals surface area (Å²) in [7, 11) is 1.62. The fourth-order valence-electron chi connectivity index (χ4n) is 2.25. The van der Waals surface area contributed by atoms with Crippen LogP contribution in [0.4, 0.5) is 0 Å². The molecule has 0 spiro atoms. The minimum atomic E-state index is -0.166. The number of para-hydroxylation sites is 1. The highest BCUT2D eigenvalue weighted by Crippen LogP contribution is 2.17. The number of fused-ring (bicyclic) bond motifs is 1. The molecule has 0 fully saturated rings. The Bertz CT molecular complexity index is 796. The van der Waals surface area contributed by atoms with Crippen LogP contribution in [0, 0.1) is 0 Å². The van der Waals surface area contributed by atoms with E-state index in [1.807, 2.05) is 36.4 Å². The van der Waals surface area contributed by atoms with Crippen molar-refractivity contribution in [3.8, 4) is 11.5 Å². The summed E-state index contributed by atoms with van der Waals surface area (Å²) in [4.78, 5) is 19.4. The van der Waals surface area contributed by atoms with Crippen LogP contribution in [0.3, 0.4) is 0 Å². The molecule has 0 bridgehead atoms. The van der Waals surface area contributed by atoms with Crippen molar-refractivity contribution in [1.29, 1.82) is 0 Å². The summed E-state index contributed by atoms with van der Waals surface area (Å²) in [5, 5.41) is 2.83. The number of hydrogen-bond acceptors (Lipinski definition) is 4. The molecule has 0 unspecified atom stereocenters. The number of amides is 1. The zero-order chi connectivity index (χ0) is 16.1. The molecule has 6 heteroatoms. The van der Waals surface area contributed by atoms with Crippen LogP contribution in [0.5, 0.6) is 11.5 Å². The molecule has 0 aliphatic heterocycles. The predicted molar refractivity (Wildman–Crippen MR) is 86.9 cm³/mol. The lowest BCUT2D eigenvalue weighted by molar-refractivity contribution is 0.0948. The van der Waals surface area contributed by atoms with Crippen LogP contribution in [0.15, 0.2) is 48.8 Å². The average molecular weight is 311 g/mol. The van der Waals surface area contributed by atoms with Gasteiger partial charge in [0, 0.05) is 0 Å². The van der Waals surface area contributed by atoms with Gasteiger partial charge in [0.2, 0.25) is 0 Å². The first-order valence-corrected chi connectivity index (χ1v) is 7.25. The molecule has 23 heavy (non-hydrogen) atoms. The van der Waals surface area contributed by atoms with Crippen LogP contribution in [-0.2, 0) is 0 Å². The van der Waals surface area contributed by atoms with E-state index in [1.54, 1.807) is 19.5 Å². The molecule has 1 amide bonds. The average Bonchev–Trinajstić information content (AvgIpc) is 3.07. The van der Waals surface area contributed by atoms with E-state index in [4.69, 9.17) is 9.47 Å². The van der Waals surface area contributed by atoms with Gasteiger partial charge >= 0.3 is 0 Å².